The Morgan fingerprint density at radius 1 is 1.42 bits per heavy atom. The lowest BCUT2D eigenvalue weighted by Crippen LogP contribution is -2.37. The maximum Gasteiger partial charge on any atom is 0.0948 e. The Morgan fingerprint density at radius 2 is 2.21 bits per heavy atom. The zero-order valence-corrected chi connectivity index (χ0v) is 12.4. The summed E-state index contributed by atoms with van der Waals surface area (Å²) in [5.41, 5.74) is 7.36. The van der Waals surface area contributed by atoms with E-state index in [4.69, 9.17) is 5.73 Å². The van der Waals surface area contributed by atoms with Gasteiger partial charge in [0.05, 0.1) is 18.1 Å². The number of hydrogen-bond acceptors (Lipinski definition) is 3. The van der Waals surface area contributed by atoms with Crippen LogP contribution in [-0.2, 0) is 6.54 Å². The van der Waals surface area contributed by atoms with E-state index in [0.717, 1.165) is 25.4 Å². The van der Waals surface area contributed by atoms with Crippen LogP contribution in [0.25, 0.3) is 0 Å². The molecule has 2 N–H and O–H groups in total. The monoisotopic (exact) mass is 264 g/mol. The Labute approximate surface area is 117 Å². The van der Waals surface area contributed by atoms with Crippen molar-refractivity contribution in [2.75, 3.05) is 19.6 Å². The molecule has 1 aromatic heterocycles. The van der Waals surface area contributed by atoms with Crippen LogP contribution in [0.5, 0.6) is 0 Å². The van der Waals surface area contributed by atoms with E-state index in [1.165, 1.54) is 31.5 Å². The highest BCUT2D eigenvalue weighted by molar-refractivity contribution is 5.07. The first kappa shape index (κ1) is 14.5. The first-order valence-electron chi connectivity index (χ1n) is 7.74. The van der Waals surface area contributed by atoms with Crippen molar-refractivity contribution in [2.24, 2.45) is 11.7 Å². The van der Waals surface area contributed by atoms with Crippen LogP contribution in [0.3, 0.4) is 0 Å². The third-order valence-electron chi connectivity index (χ3n) is 3.91. The van der Waals surface area contributed by atoms with Crippen LogP contribution < -0.4 is 5.73 Å². The molecule has 1 aliphatic rings. The van der Waals surface area contributed by atoms with E-state index < -0.39 is 0 Å². The molecule has 19 heavy (non-hydrogen) atoms. The van der Waals surface area contributed by atoms with Crippen LogP contribution in [0, 0.1) is 5.92 Å². The first-order chi connectivity index (χ1) is 9.30. The van der Waals surface area contributed by atoms with Gasteiger partial charge in [0.25, 0.3) is 0 Å². The molecule has 0 saturated heterocycles. The molecule has 0 amide bonds. The van der Waals surface area contributed by atoms with Crippen molar-refractivity contribution >= 4 is 0 Å². The summed E-state index contributed by atoms with van der Waals surface area (Å²) in [6.07, 6.45) is 9.06. The zero-order valence-electron chi connectivity index (χ0n) is 12.4. The lowest BCUT2D eigenvalue weighted by Gasteiger charge is -2.31. The van der Waals surface area contributed by atoms with Crippen molar-refractivity contribution in [3.63, 3.8) is 0 Å². The summed E-state index contributed by atoms with van der Waals surface area (Å²) in [6.45, 7) is 8.51. The molecule has 1 aromatic rings. The lowest BCUT2D eigenvalue weighted by molar-refractivity contribution is 0.186. The van der Waals surface area contributed by atoms with Crippen molar-refractivity contribution in [1.82, 2.24) is 14.5 Å². The fourth-order valence-corrected chi connectivity index (χ4v) is 2.79. The largest absolute Gasteiger partial charge is 0.333 e. The summed E-state index contributed by atoms with van der Waals surface area (Å²) in [4.78, 5) is 6.90. The number of aromatic nitrogens is 2. The topological polar surface area (TPSA) is 47.1 Å². The molecule has 1 saturated carbocycles. The third-order valence-corrected chi connectivity index (χ3v) is 3.91. The van der Waals surface area contributed by atoms with Gasteiger partial charge in [0, 0.05) is 25.8 Å². The molecule has 1 unspecified atom stereocenters. The Bertz CT molecular complexity index is 370. The van der Waals surface area contributed by atoms with E-state index in [9.17, 15) is 0 Å². The van der Waals surface area contributed by atoms with Gasteiger partial charge in [0.15, 0.2) is 0 Å². The fraction of sp³-hybridized carbons (Fsp3) is 0.800. The van der Waals surface area contributed by atoms with Gasteiger partial charge in [-0.2, -0.15) is 0 Å². The van der Waals surface area contributed by atoms with Gasteiger partial charge in [-0.25, -0.2) is 4.98 Å². The van der Waals surface area contributed by atoms with Gasteiger partial charge in [-0.3, -0.25) is 4.90 Å². The predicted molar refractivity (Wildman–Crippen MR) is 78.9 cm³/mol. The maximum absolute atomic E-state index is 6.07. The quantitative estimate of drug-likeness (QED) is 0.745. The zero-order chi connectivity index (χ0) is 13.7. The molecule has 2 rings (SSSR count). The number of hydrogen-bond donors (Lipinski definition) is 1. The van der Waals surface area contributed by atoms with Crippen molar-refractivity contribution in [3.05, 3.63) is 18.2 Å². The van der Waals surface area contributed by atoms with E-state index in [2.05, 4.69) is 28.3 Å². The molecular weight excluding hydrogens is 236 g/mol. The fourth-order valence-electron chi connectivity index (χ4n) is 2.79. The Hall–Kier alpha value is -0.870. The van der Waals surface area contributed by atoms with Gasteiger partial charge in [0.1, 0.15) is 0 Å². The molecule has 4 heteroatoms. The van der Waals surface area contributed by atoms with Crippen LogP contribution in [0.2, 0.25) is 0 Å². The maximum atomic E-state index is 6.07. The third kappa shape index (κ3) is 3.80. The average Bonchev–Trinajstić information content (AvgIpc) is 3.11. The molecule has 1 heterocycles. The summed E-state index contributed by atoms with van der Waals surface area (Å²) in [5.74, 6) is 0.906. The number of nitrogens with two attached hydrogens (primary N) is 1. The molecule has 0 aromatic carbocycles. The van der Waals surface area contributed by atoms with Crippen molar-refractivity contribution in [3.8, 4) is 0 Å². The molecule has 0 spiro atoms. The Morgan fingerprint density at radius 3 is 2.79 bits per heavy atom. The number of rotatable bonds is 9. The van der Waals surface area contributed by atoms with Gasteiger partial charge in [-0.05, 0) is 38.1 Å². The summed E-state index contributed by atoms with van der Waals surface area (Å²) < 4.78 is 2.27. The molecule has 1 atom stereocenters. The summed E-state index contributed by atoms with van der Waals surface area (Å²) in [6, 6.07) is 0.328. The van der Waals surface area contributed by atoms with Crippen LogP contribution >= 0.6 is 0 Å². The molecule has 4 nitrogen and oxygen atoms in total. The van der Waals surface area contributed by atoms with Gasteiger partial charge in [0.2, 0.25) is 0 Å². The summed E-state index contributed by atoms with van der Waals surface area (Å²) in [7, 11) is 0. The molecular formula is C15H28N4. The lowest BCUT2D eigenvalue weighted by atomic mass is 10.1. The highest BCUT2D eigenvalue weighted by Crippen LogP contribution is 2.32. The normalized spacial score (nSPS) is 17.1. The minimum absolute atomic E-state index is 0.328. The minimum atomic E-state index is 0.328. The molecule has 1 aliphatic carbocycles. The van der Waals surface area contributed by atoms with Crippen LogP contribution in [0.15, 0.2) is 12.5 Å². The molecule has 0 radical (unpaired) electrons. The second kappa shape index (κ2) is 7.06. The van der Waals surface area contributed by atoms with Gasteiger partial charge < -0.3 is 10.3 Å². The molecule has 108 valence electrons. The van der Waals surface area contributed by atoms with E-state index in [0.29, 0.717) is 12.6 Å². The SMILES string of the molecule is CCCN(CC1CC1)C(CN)c1cncn1CCC. The van der Waals surface area contributed by atoms with Gasteiger partial charge in [-0.1, -0.05) is 13.8 Å². The van der Waals surface area contributed by atoms with E-state index in [-0.39, 0.29) is 0 Å². The molecule has 0 aliphatic heterocycles. The average molecular weight is 264 g/mol. The second-order valence-corrected chi connectivity index (χ2v) is 5.70. The van der Waals surface area contributed by atoms with E-state index in [1.54, 1.807) is 0 Å². The Kier molecular flexibility index (Phi) is 5.40. The highest BCUT2D eigenvalue weighted by atomic mass is 15.2. The number of aryl methyl sites for hydroxylation is 1. The summed E-state index contributed by atoms with van der Waals surface area (Å²) >= 11 is 0. The van der Waals surface area contributed by atoms with Crippen LogP contribution in [0.1, 0.15) is 51.3 Å². The molecule has 1 fully saturated rings. The van der Waals surface area contributed by atoms with Crippen molar-refractivity contribution in [1.29, 1.82) is 0 Å². The highest BCUT2D eigenvalue weighted by Gasteiger charge is 2.29. The molecule has 0 bridgehead atoms. The van der Waals surface area contributed by atoms with Crippen molar-refractivity contribution in [2.45, 2.75) is 52.1 Å². The van der Waals surface area contributed by atoms with Crippen LogP contribution in [-0.4, -0.2) is 34.1 Å². The van der Waals surface area contributed by atoms with Gasteiger partial charge in [-0.15, -0.1) is 0 Å². The standard InChI is InChI=1S/C15H28N4/c1-3-7-18(11-13-5-6-13)14(9-16)15-10-17-12-19(15)8-4-2/h10,12-14H,3-9,11,16H2,1-2H3. The number of nitrogens with zero attached hydrogens (tertiary/aromatic N) is 3. The number of imidazole rings is 1. The first-order valence-corrected chi connectivity index (χ1v) is 7.74. The van der Waals surface area contributed by atoms with Crippen molar-refractivity contribution < 1.29 is 0 Å². The minimum Gasteiger partial charge on any atom is -0.333 e. The summed E-state index contributed by atoms with van der Waals surface area (Å²) in [5, 5.41) is 0. The Balaban J connectivity index is 2.11. The smallest absolute Gasteiger partial charge is 0.0948 e. The predicted octanol–water partition coefficient (Wildman–Crippen LogP) is 2.41. The second-order valence-electron chi connectivity index (χ2n) is 5.70. The van der Waals surface area contributed by atoms with E-state index >= 15 is 0 Å². The van der Waals surface area contributed by atoms with Crippen LogP contribution in [0.4, 0.5) is 0 Å². The van der Waals surface area contributed by atoms with Gasteiger partial charge >= 0.3 is 0 Å². The van der Waals surface area contributed by atoms with E-state index in [1.807, 2.05) is 12.5 Å².